The van der Waals surface area contributed by atoms with Crippen molar-refractivity contribution < 1.29 is 4.74 Å². The van der Waals surface area contributed by atoms with Crippen LogP contribution in [0.4, 0.5) is 11.6 Å². The van der Waals surface area contributed by atoms with E-state index in [1.54, 1.807) is 23.5 Å². The molecule has 0 radical (unpaired) electrons. The molecular weight excluding hydrogens is 408 g/mol. The number of fused-ring (bicyclic) bond motifs is 1. The minimum atomic E-state index is 0.449. The topological polar surface area (TPSA) is 101 Å². The molecule has 31 heavy (non-hydrogen) atoms. The number of morpholine rings is 1. The number of ether oxygens (including phenoxy) is 1. The Hall–Kier alpha value is -3.54. The second-order valence-electron chi connectivity index (χ2n) is 7.32. The number of nitriles is 1. The van der Waals surface area contributed by atoms with E-state index >= 15 is 0 Å². The molecule has 154 valence electrons. The van der Waals surface area contributed by atoms with Crippen LogP contribution in [0, 0.1) is 11.3 Å². The van der Waals surface area contributed by atoms with Gasteiger partial charge < -0.3 is 15.4 Å². The van der Waals surface area contributed by atoms with Gasteiger partial charge in [-0.3, -0.25) is 0 Å². The average Bonchev–Trinajstić information content (AvgIpc) is 3.23. The predicted octanol–water partition coefficient (Wildman–Crippen LogP) is 3.63. The maximum Gasteiger partial charge on any atom is 0.163 e. The van der Waals surface area contributed by atoms with Gasteiger partial charge in [0.05, 0.1) is 30.2 Å². The van der Waals surface area contributed by atoms with Crippen molar-refractivity contribution in [1.82, 2.24) is 15.0 Å². The Labute approximate surface area is 183 Å². The summed E-state index contributed by atoms with van der Waals surface area (Å²) >= 11 is 1.61. The van der Waals surface area contributed by atoms with E-state index in [1.165, 1.54) is 5.56 Å². The molecule has 0 bridgehead atoms. The number of nitrogen functional groups attached to an aromatic ring is 1. The lowest BCUT2D eigenvalue weighted by Gasteiger charge is -2.29. The Balaban J connectivity index is 1.49. The lowest BCUT2D eigenvalue weighted by Crippen LogP contribution is -2.37. The predicted molar refractivity (Wildman–Crippen MR) is 122 cm³/mol. The van der Waals surface area contributed by atoms with E-state index in [0.29, 0.717) is 17.2 Å². The molecule has 5 rings (SSSR count). The van der Waals surface area contributed by atoms with Crippen LogP contribution in [0.1, 0.15) is 16.0 Å². The van der Waals surface area contributed by atoms with Crippen LogP contribution in [-0.2, 0) is 11.2 Å². The SMILES string of the molecule is N#Cc1cccc(-c2nc(N)c3cc(Cc4cccnc4N4CCOCC4)sc3n2)c1. The molecule has 1 aliphatic heterocycles. The van der Waals surface area contributed by atoms with Crippen LogP contribution >= 0.6 is 11.3 Å². The third kappa shape index (κ3) is 3.93. The zero-order valence-corrected chi connectivity index (χ0v) is 17.6. The summed E-state index contributed by atoms with van der Waals surface area (Å²) in [5.41, 5.74) is 8.80. The average molecular weight is 429 g/mol. The second kappa shape index (κ2) is 8.30. The third-order valence-corrected chi connectivity index (χ3v) is 6.29. The highest BCUT2D eigenvalue weighted by Gasteiger charge is 2.18. The normalized spacial score (nSPS) is 14.0. The second-order valence-corrected chi connectivity index (χ2v) is 8.43. The number of pyridine rings is 1. The summed E-state index contributed by atoms with van der Waals surface area (Å²) in [4.78, 5) is 18.1. The summed E-state index contributed by atoms with van der Waals surface area (Å²) in [6.45, 7) is 3.14. The fraction of sp³-hybridized carbons (Fsp3) is 0.217. The molecule has 0 aliphatic carbocycles. The van der Waals surface area contributed by atoms with E-state index in [4.69, 9.17) is 20.7 Å². The number of thiophene rings is 1. The molecule has 0 unspecified atom stereocenters. The molecule has 0 saturated carbocycles. The van der Waals surface area contributed by atoms with Gasteiger partial charge in [-0.1, -0.05) is 18.2 Å². The van der Waals surface area contributed by atoms with Crippen LogP contribution < -0.4 is 10.6 Å². The van der Waals surface area contributed by atoms with Crippen molar-refractivity contribution in [2.24, 2.45) is 0 Å². The Morgan fingerprint density at radius 1 is 1.13 bits per heavy atom. The first-order chi connectivity index (χ1) is 15.2. The van der Waals surface area contributed by atoms with E-state index in [2.05, 4.69) is 33.1 Å². The molecule has 1 saturated heterocycles. The van der Waals surface area contributed by atoms with Crippen LogP contribution in [0.25, 0.3) is 21.6 Å². The zero-order valence-electron chi connectivity index (χ0n) is 16.8. The summed E-state index contributed by atoms with van der Waals surface area (Å²) in [6.07, 6.45) is 2.59. The highest BCUT2D eigenvalue weighted by molar-refractivity contribution is 7.18. The first-order valence-corrected chi connectivity index (χ1v) is 10.9. The molecule has 1 aromatic carbocycles. The van der Waals surface area contributed by atoms with Crippen molar-refractivity contribution in [3.8, 4) is 17.5 Å². The maximum atomic E-state index is 9.17. The third-order valence-electron chi connectivity index (χ3n) is 5.27. The number of nitrogens with two attached hydrogens (primary N) is 1. The molecule has 3 aromatic heterocycles. The van der Waals surface area contributed by atoms with Crippen LogP contribution in [0.15, 0.2) is 48.7 Å². The fourth-order valence-corrected chi connectivity index (χ4v) is 4.81. The molecule has 1 fully saturated rings. The molecule has 8 heteroatoms. The number of anilines is 2. The largest absolute Gasteiger partial charge is 0.383 e. The van der Waals surface area contributed by atoms with Gasteiger partial charge in [-0.2, -0.15) is 5.26 Å². The highest BCUT2D eigenvalue weighted by atomic mass is 32.1. The van der Waals surface area contributed by atoms with Crippen LogP contribution in [0.5, 0.6) is 0 Å². The molecule has 0 atom stereocenters. The van der Waals surface area contributed by atoms with Gasteiger partial charge in [-0.25, -0.2) is 15.0 Å². The summed E-state index contributed by atoms with van der Waals surface area (Å²) < 4.78 is 5.48. The molecule has 2 N–H and O–H groups in total. The van der Waals surface area contributed by atoms with Gasteiger partial charge in [-0.05, 0) is 29.8 Å². The standard InChI is InChI=1S/C23H20N6OS/c24-14-15-3-1-4-16(11-15)21-27-20(25)19-13-18(31-23(19)28-21)12-17-5-2-6-26-22(17)29-7-9-30-10-8-29/h1-6,11,13H,7-10,12H2,(H2,25,27,28). The summed E-state index contributed by atoms with van der Waals surface area (Å²) in [5.74, 6) is 1.99. The van der Waals surface area contributed by atoms with Gasteiger partial charge in [0.1, 0.15) is 16.5 Å². The Morgan fingerprint density at radius 3 is 2.84 bits per heavy atom. The maximum absolute atomic E-state index is 9.17. The van der Waals surface area contributed by atoms with Crippen LogP contribution in [-0.4, -0.2) is 41.3 Å². The van der Waals surface area contributed by atoms with Crippen molar-refractivity contribution in [2.45, 2.75) is 6.42 Å². The van der Waals surface area contributed by atoms with Crippen molar-refractivity contribution in [3.05, 3.63) is 64.7 Å². The van der Waals surface area contributed by atoms with Gasteiger partial charge in [-0.15, -0.1) is 11.3 Å². The quantitative estimate of drug-likeness (QED) is 0.529. The molecule has 7 nitrogen and oxygen atoms in total. The molecule has 0 spiro atoms. The molecule has 0 amide bonds. The minimum Gasteiger partial charge on any atom is -0.383 e. The van der Waals surface area contributed by atoms with E-state index in [9.17, 15) is 0 Å². The van der Waals surface area contributed by atoms with Gasteiger partial charge >= 0.3 is 0 Å². The monoisotopic (exact) mass is 428 g/mol. The zero-order chi connectivity index (χ0) is 21.2. The molecular formula is C23H20N6OS. The lowest BCUT2D eigenvalue weighted by molar-refractivity contribution is 0.122. The van der Waals surface area contributed by atoms with Gasteiger partial charge in [0.2, 0.25) is 0 Å². The molecule has 4 aromatic rings. The smallest absolute Gasteiger partial charge is 0.163 e. The lowest BCUT2D eigenvalue weighted by atomic mass is 10.1. The Bertz CT molecular complexity index is 1290. The van der Waals surface area contributed by atoms with Crippen molar-refractivity contribution in [1.29, 1.82) is 5.26 Å². The fourth-order valence-electron chi connectivity index (χ4n) is 3.75. The summed E-state index contributed by atoms with van der Waals surface area (Å²) in [6, 6.07) is 15.6. The molecule has 4 heterocycles. The first kappa shape index (κ1) is 19.4. The highest BCUT2D eigenvalue weighted by Crippen LogP contribution is 2.32. The Kier molecular flexibility index (Phi) is 5.20. The van der Waals surface area contributed by atoms with Gasteiger partial charge in [0, 0.05) is 36.1 Å². The van der Waals surface area contributed by atoms with Gasteiger partial charge in [0.25, 0.3) is 0 Å². The van der Waals surface area contributed by atoms with E-state index < -0.39 is 0 Å². The number of rotatable bonds is 4. The van der Waals surface area contributed by atoms with E-state index in [1.807, 2.05) is 24.4 Å². The van der Waals surface area contributed by atoms with Gasteiger partial charge in [0.15, 0.2) is 5.82 Å². The van der Waals surface area contributed by atoms with Crippen LogP contribution in [0.2, 0.25) is 0 Å². The number of hydrogen-bond donors (Lipinski definition) is 1. The number of benzene rings is 1. The number of aromatic nitrogens is 3. The van der Waals surface area contributed by atoms with E-state index in [-0.39, 0.29) is 0 Å². The van der Waals surface area contributed by atoms with Crippen LogP contribution in [0.3, 0.4) is 0 Å². The molecule has 1 aliphatic rings. The first-order valence-electron chi connectivity index (χ1n) is 10.0. The summed E-state index contributed by atoms with van der Waals surface area (Å²) in [5, 5.41) is 10.0. The Morgan fingerprint density at radius 2 is 2.00 bits per heavy atom. The van der Waals surface area contributed by atoms with E-state index in [0.717, 1.165) is 59.2 Å². The van der Waals surface area contributed by atoms with Crippen molar-refractivity contribution in [2.75, 3.05) is 36.9 Å². The van der Waals surface area contributed by atoms with Crippen molar-refractivity contribution in [3.63, 3.8) is 0 Å². The minimum absolute atomic E-state index is 0.449. The number of hydrogen-bond acceptors (Lipinski definition) is 8. The van der Waals surface area contributed by atoms with Crippen molar-refractivity contribution >= 4 is 33.2 Å². The summed E-state index contributed by atoms with van der Waals surface area (Å²) in [7, 11) is 0. The number of nitrogens with zero attached hydrogens (tertiary/aromatic N) is 5.